The van der Waals surface area contributed by atoms with Crippen LogP contribution >= 0.6 is 57.4 Å². The fourth-order valence-corrected chi connectivity index (χ4v) is 12.4. The van der Waals surface area contributed by atoms with Crippen LogP contribution in [0.5, 0.6) is 17.2 Å². The molecule has 0 fully saturated rings. The number of alkyl halides is 1. The van der Waals surface area contributed by atoms with Crippen LogP contribution in [0.25, 0.3) is 30.6 Å². The number of rotatable bonds is 9. The number of aromatic hydroxyl groups is 1. The molecule has 76 heavy (non-hydrogen) atoms. The number of benzene rings is 6. The molecule has 0 bridgehead atoms. The van der Waals surface area contributed by atoms with E-state index in [2.05, 4.69) is 125 Å². The quantitative estimate of drug-likeness (QED) is 0.0801. The number of ether oxygens (including phenoxy) is 2. The van der Waals surface area contributed by atoms with E-state index in [1.54, 1.807) is 18.2 Å². The predicted molar refractivity (Wildman–Crippen MR) is 307 cm³/mol. The third kappa shape index (κ3) is 16.5. The fourth-order valence-electron chi connectivity index (χ4n) is 8.31. The van der Waals surface area contributed by atoms with Gasteiger partial charge in [-0.3, -0.25) is 4.99 Å². The molecule has 0 spiro atoms. The van der Waals surface area contributed by atoms with Gasteiger partial charge in [-0.05, 0) is 167 Å². The van der Waals surface area contributed by atoms with E-state index in [4.69, 9.17) is 41.8 Å². The second-order valence-electron chi connectivity index (χ2n) is 17.6. The third-order valence-electron chi connectivity index (χ3n) is 11.8. The van der Waals surface area contributed by atoms with Gasteiger partial charge >= 0.3 is 35.5 Å². The maximum Gasteiger partial charge on any atom is 1.00 e. The number of aromatic nitrogens is 3. The number of aliphatic carboxylic acids is 1. The van der Waals surface area contributed by atoms with E-state index in [-0.39, 0.29) is 66.7 Å². The molecular formula is C58H57ClIN6NaO5S4. The zero-order chi connectivity index (χ0) is 52.5. The Bertz CT molecular complexity index is 3570. The van der Waals surface area contributed by atoms with Gasteiger partial charge in [0.2, 0.25) is 0 Å². The van der Waals surface area contributed by atoms with Gasteiger partial charge in [-0.1, -0.05) is 60.5 Å². The number of carboxylic acid groups (broad SMARTS) is 1. The number of nitriles is 2. The molecule has 0 aliphatic carbocycles. The number of aliphatic imine (C=N–C) groups is 1. The molecular weight excluding hydrogens is 1170 g/mol. The summed E-state index contributed by atoms with van der Waals surface area (Å²) >= 11 is 11.4. The number of fused-ring (bicyclic) bond motifs is 3. The Labute approximate surface area is 505 Å². The van der Waals surface area contributed by atoms with Crippen LogP contribution in [0.3, 0.4) is 0 Å². The third-order valence-corrected chi connectivity index (χ3v) is 16.1. The maximum absolute atomic E-state index is 11.1. The molecule has 388 valence electrons. The van der Waals surface area contributed by atoms with Gasteiger partial charge < -0.3 is 43.7 Å². The Morgan fingerprint density at radius 3 is 1.42 bits per heavy atom. The minimum Gasteiger partial charge on any atom is -1.00 e. The molecule has 0 saturated heterocycles. The molecule has 3 aromatic heterocycles. The monoisotopic (exact) mass is 1230 g/mol. The predicted octanol–water partition coefficient (Wildman–Crippen LogP) is 9.29. The molecule has 6 aromatic carbocycles. The van der Waals surface area contributed by atoms with Gasteiger partial charge in [0.1, 0.15) is 52.7 Å². The number of nitrogens with zero attached hydrogens (tertiary/aromatic N) is 6. The Hall–Kier alpha value is -5.12. The fraction of sp³-hybridized carbons (Fsp3) is 0.259. The van der Waals surface area contributed by atoms with Gasteiger partial charge in [-0.15, -0.1) is 57.4 Å². The molecule has 1 atom stereocenters. The topological polar surface area (TPSA) is 175 Å². The number of thioether (sulfide) groups is 1. The van der Waals surface area contributed by atoms with E-state index in [0.29, 0.717) is 39.9 Å². The zero-order valence-electron chi connectivity index (χ0n) is 43.3. The van der Waals surface area contributed by atoms with Crippen molar-refractivity contribution in [1.29, 1.82) is 10.5 Å². The molecule has 18 heteroatoms. The van der Waals surface area contributed by atoms with Crippen molar-refractivity contribution >= 4 is 99.0 Å². The summed E-state index contributed by atoms with van der Waals surface area (Å²) in [6.07, 6.45) is 0. The summed E-state index contributed by atoms with van der Waals surface area (Å²) in [5.41, 5.74) is 17.6. The van der Waals surface area contributed by atoms with Gasteiger partial charge in [-0.2, -0.15) is 10.5 Å². The minimum atomic E-state index is -0.888. The number of hydrogen-bond donors (Lipinski definition) is 2. The number of carboxylic acids is 1. The van der Waals surface area contributed by atoms with Crippen molar-refractivity contribution in [2.45, 2.75) is 94.9 Å². The van der Waals surface area contributed by atoms with Crippen LogP contribution < -0.4 is 63.0 Å². The molecule has 1 aliphatic rings. The second kappa shape index (κ2) is 29.0. The molecule has 2 N–H and O–H groups in total. The number of halogens is 2. The largest absolute Gasteiger partial charge is 1.00 e. The SMILES string of the molecule is C.Cc1cc(C)c(CCl)c(C)c1.Cc1cc(C)c(COc2ccc3nc(C#N)sc3c2)c(C)c1.Cc1cc(C)c(COc2ccc3nc(C4=N[C@@H](C(=O)O)CS4)sc3c2)c(C)c1.N#Cc1nc2ccc(O)cc2s1.[I-].[Na+]. The number of aryl methyl sites for hydroxylation is 9. The first-order chi connectivity index (χ1) is 34.9. The van der Waals surface area contributed by atoms with Crippen LogP contribution in [0.1, 0.15) is 89.2 Å². The Kier molecular flexibility index (Phi) is 24.2. The van der Waals surface area contributed by atoms with Crippen LogP contribution in [-0.4, -0.2) is 48.0 Å². The summed E-state index contributed by atoms with van der Waals surface area (Å²) in [6, 6.07) is 32.9. The summed E-state index contributed by atoms with van der Waals surface area (Å²) in [5, 5.41) is 38.1. The normalized spacial score (nSPS) is 12.2. The van der Waals surface area contributed by atoms with E-state index in [1.807, 2.05) is 42.5 Å². The average molecular weight is 1230 g/mol. The smallest absolute Gasteiger partial charge is 1.00 e. The van der Waals surface area contributed by atoms with E-state index in [0.717, 1.165) is 47.2 Å². The summed E-state index contributed by atoms with van der Waals surface area (Å²) in [6.45, 7) is 20.1. The molecule has 0 saturated carbocycles. The molecule has 1 aliphatic heterocycles. The van der Waals surface area contributed by atoms with Crippen molar-refractivity contribution in [3.05, 3.63) is 173 Å². The van der Waals surface area contributed by atoms with Gasteiger partial charge in [0.05, 0.1) is 30.6 Å². The number of hydrogen-bond acceptors (Lipinski definition) is 14. The van der Waals surface area contributed by atoms with Crippen molar-refractivity contribution in [2.24, 2.45) is 4.99 Å². The standard InChI is InChI=1S/C21H20N2O3S2.C18H16N2OS.C10H13Cl.C8H4N2OS.CH4.HI.Na/c1-11-6-12(2)15(13(3)7-11)9-26-14-4-5-16-18(8-14)28-20(22-16)19-23-17(10-27-19)21(24)25;1-11-6-12(2)15(13(3)7-11)10-21-14-4-5-16-17(8-14)22-18(9-19)20-16;1-7-4-8(2)10(6-11)9(3)5-7;9-4-8-10-6-2-1-5(11)3-7(6)12-8;;;/h4-8,17H,9-10H2,1-3H3,(H,24,25);4-8H,10H2,1-3H3;4-5H,6H2,1-3H3;1-3,11H;1H4;1H;/q;;;;;;+1/p-1/t17-;;;;;;/m1....../s1. The van der Waals surface area contributed by atoms with Gasteiger partial charge in [0, 0.05) is 11.6 Å². The molecule has 0 unspecified atom stereocenters. The van der Waals surface area contributed by atoms with Crippen LogP contribution in [0, 0.1) is 85.0 Å². The van der Waals surface area contributed by atoms with Gasteiger partial charge in [-0.25, -0.2) is 19.7 Å². The zero-order valence-corrected chi connectivity index (χ0v) is 51.4. The first-order valence-corrected chi connectivity index (χ1v) is 27.0. The first kappa shape index (κ1) is 63.4. The van der Waals surface area contributed by atoms with Crippen molar-refractivity contribution < 1.29 is 78.0 Å². The van der Waals surface area contributed by atoms with Crippen LogP contribution in [0.4, 0.5) is 0 Å². The van der Waals surface area contributed by atoms with Gasteiger partial charge in [0.15, 0.2) is 16.1 Å². The molecule has 11 nitrogen and oxygen atoms in total. The molecule has 4 heterocycles. The van der Waals surface area contributed by atoms with Crippen molar-refractivity contribution in [1.82, 2.24) is 15.0 Å². The molecule has 9 aromatic rings. The Balaban J connectivity index is 0.000000231. The molecule has 0 radical (unpaired) electrons. The molecule has 10 rings (SSSR count). The maximum atomic E-state index is 11.1. The summed E-state index contributed by atoms with van der Waals surface area (Å²) in [7, 11) is 0. The van der Waals surface area contributed by atoms with Crippen LogP contribution in [-0.2, 0) is 23.9 Å². The van der Waals surface area contributed by atoms with E-state index < -0.39 is 12.0 Å². The van der Waals surface area contributed by atoms with Crippen molar-refractivity contribution in [3.63, 3.8) is 0 Å². The number of phenolic OH excluding ortho intramolecular Hbond substituents is 1. The number of carbonyl (C=O) groups is 1. The van der Waals surface area contributed by atoms with E-state index in [1.165, 1.54) is 113 Å². The summed E-state index contributed by atoms with van der Waals surface area (Å²) < 4.78 is 14.8. The average Bonchev–Trinajstić information content (AvgIpc) is 4.16. The van der Waals surface area contributed by atoms with Crippen LogP contribution in [0.15, 0.2) is 96.0 Å². The Morgan fingerprint density at radius 1 is 0.618 bits per heavy atom. The van der Waals surface area contributed by atoms with E-state index >= 15 is 0 Å². The van der Waals surface area contributed by atoms with Crippen molar-refractivity contribution in [2.75, 3.05) is 5.75 Å². The number of thiazole rings is 3. The van der Waals surface area contributed by atoms with Crippen LogP contribution in [0.2, 0.25) is 0 Å². The van der Waals surface area contributed by atoms with Gasteiger partial charge in [0.25, 0.3) is 0 Å². The number of phenols is 1. The first-order valence-electron chi connectivity index (χ1n) is 23.1. The minimum absolute atomic E-state index is 0. The second-order valence-corrected chi connectivity index (χ2v) is 22.0. The van der Waals surface area contributed by atoms with E-state index in [9.17, 15) is 4.79 Å². The van der Waals surface area contributed by atoms with Crippen molar-refractivity contribution in [3.8, 4) is 29.4 Å². The Morgan fingerprint density at radius 2 is 1.01 bits per heavy atom. The summed E-state index contributed by atoms with van der Waals surface area (Å²) in [5.74, 6) is 2.01. The summed E-state index contributed by atoms with van der Waals surface area (Å²) in [4.78, 5) is 28.2. The molecule has 0 amide bonds.